The normalized spacial score (nSPS) is 16.6. The Labute approximate surface area is 174 Å². The Morgan fingerprint density at radius 3 is 2.86 bits per heavy atom. The van der Waals surface area contributed by atoms with Crippen molar-refractivity contribution in [2.24, 2.45) is 0 Å². The second-order valence-electron chi connectivity index (χ2n) is 7.00. The zero-order chi connectivity index (χ0) is 20.1. The first-order valence-electron chi connectivity index (χ1n) is 9.70. The maximum Gasteiger partial charge on any atom is 0.225 e. The first kappa shape index (κ1) is 19.4. The molecule has 1 aromatic carbocycles. The van der Waals surface area contributed by atoms with E-state index in [4.69, 9.17) is 16.0 Å². The van der Waals surface area contributed by atoms with Gasteiger partial charge in [0.15, 0.2) is 11.7 Å². The molecule has 8 heteroatoms. The number of carbonyl (C=O) groups is 1. The van der Waals surface area contributed by atoms with Crippen LogP contribution in [-0.2, 0) is 11.2 Å². The highest BCUT2D eigenvalue weighted by Gasteiger charge is 2.23. The molecular weight excluding hydrogens is 390 g/mol. The van der Waals surface area contributed by atoms with E-state index < -0.39 is 0 Å². The molecule has 1 atom stereocenters. The van der Waals surface area contributed by atoms with Crippen LogP contribution < -0.4 is 10.2 Å². The molecule has 0 radical (unpaired) electrons. The summed E-state index contributed by atoms with van der Waals surface area (Å²) in [6.07, 6.45) is 7.81. The number of aryl methyl sites for hydroxylation is 1. The van der Waals surface area contributed by atoms with Gasteiger partial charge in [0.05, 0.1) is 11.2 Å². The van der Waals surface area contributed by atoms with E-state index in [9.17, 15) is 4.79 Å². The summed E-state index contributed by atoms with van der Waals surface area (Å²) in [6.45, 7) is 1.61. The lowest BCUT2D eigenvalue weighted by Crippen LogP contribution is -2.48. The Kier molecular flexibility index (Phi) is 6.05. The van der Waals surface area contributed by atoms with Gasteiger partial charge < -0.3 is 14.6 Å². The van der Waals surface area contributed by atoms with Gasteiger partial charge in [0, 0.05) is 49.9 Å². The topological polar surface area (TPSA) is 84.2 Å². The maximum absolute atomic E-state index is 12.4. The third-order valence-corrected chi connectivity index (χ3v) is 5.21. The number of aromatic nitrogens is 3. The van der Waals surface area contributed by atoms with Crippen molar-refractivity contribution in [2.75, 3.05) is 18.0 Å². The highest BCUT2D eigenvalue weighted by Crippen LogP contribution is 2.28. The van der Waals surface area contributed by atoms with Crippen LogP contribution in [0.3, 0.4) is 0 Å². The van der Waals surface area contributed by atoms with Crippen molar-refractivity contribution in [1.29, 1.82) is 0 Å². The molecule has 3 heterocycles. The van der Waals surface area contributed by atoms with Gasteiger partial charge in [-0.1, -0.05) is 23.7 Å². The number of rotatable bonds is 6. The summed E-state index contributed by atoms with van der Waals surface area (Å²) in [5.74, 6) is 1.83. The molecule has 1 N–H and O–H groups in total. The Morgan fingerprint density at radius 2 is 2.03 bits per heavy atom. The van der Waals surface area contributed by atoms with Crippen LogP contribution in [0.4, 0.5) is 5.95 Å². The Balaban J connectivity index is 1.29. The minimum absolute atomic E-state index is 0.0108. The van der Waals surface area contributed by atoms with Gasteiger partial charge in [-0.25, -0.2) is 15.0 Å². The Hall–Kier alpha value is -2.93. The van der Waals surface area contributed by atoms with E-state index in [1.807, 2.05) is 18.2 Å². The van der Waals surface area contributed by atoms with Crippen LogP contribution in [0.1, 0.15) is 25.2 Å². The van der Waals surface area contributed by atoms with Crippen molar-refractivity contribution in [2.45, 2.75) is 31.7 Å². The number of halogens is 1. The van der Waals surface area contributed by atoms with Crippen LogP contribution in [0.5, 0.6) is 0 Å². The van der Waals surface area contributed by atoms with E-state index in [0.717, 1.165) is 24.9 Å². The molecular formula is C21H22ClN5O2. The Bertz CT molecular complexity index is 962. The fraction of sp³-hybridized carbons (Fsp3) is 0.333. The number of carbonyl (C=O) groups excluding carboxylic acids is 1. The molecule has 4 rings (SSSR count). The number of piperidine rings is 1. The van der Waals surface area contributed by atoms with E-state index in [1.165, 1.54) is 0 Å². The molecule has 1 amide bonds. The van der Waals surface area contributed by atoms with Crippen molar-refractivity contribution < 1.29 is 9.21 Å². The molecule has 7 nitrogen and oxygen atoms in total. The second-order valence-corrected chi connectivity index (χ2v) is 7.41. The molecule has 1 saturated heterocycles. The number of anilines is 1. The van der Waals surface area contributed by atoms with E-state index in [0.29, 0.717) is 42.0 Å². The molecule has 2 aromatic heterocycles. The van der Waals surface area contributed by atoms with Crippen molar-refractivity contribution in [3.8, 4) is 11.3 Å². The fourth-order valence-electron chi connectivity index (χ4n) is 3.46. The average Bonchev–Trinajstić information content (AvgIpc) is 3.22. The predicted octanol–water partition coefficient (Wildman–Crippen LogP) is 3.50. The highest BCUT2D eigenvalue weighted by atomic mass is 35.5. The monoisotopic (exact) mass is 411 g/mol. The number of hydrogen-bond acceptors (Lipinski definition) is 6. The molecule has 1 aliphatic rings. The molecule has 29 heavy (non-hydrogen) atoms. The van der Waals surface area contributed by atoms with E-state index in [1.54, 1.807) is 30.7 Å². The molecule has 1 aliphatic heterocycles. The number of hydrogen-bond donors (Lipinski definition) is 1. The second kappa shape index (κ2) is 9.05. The quantitative estimate of drug-likeness (QED) is 0.668. The SMILES string of the molecule is O=C(CCc1ncc(-c2ccccc2Cl)o1)NC1CCCN(c2ncccn2)C1. The minimum atomic E-state index is -0.0108. The fourth-order valence-corrected chi connectivity index (χ4v) is 3.69. The maximum atomic E-state index is 12.4. The van der Waals surface area contributed by atoms with Gasteiger partial charge in [0.1, 0.15) is 0 Å². The zero-order valence-electron chi connectivity index (χ0n) is 15.9. The molecule has 0 aliphatic carbocycles. The Morgan fingerprint density at radius 1 is 1.21 bits per heavy atom. The highest BCUT2D eigenvalue weighted by molar-refractivity contribution is 6.33. The first-order chi connectivity index (χ1) is 14.2. The van der Waals surface area contributed by atoms with Gasteiger partial charge >= 0.3 is 0 Å². The summed E-state index contributed by atoms with van der Waals surface area (Å²) in [5, 5.41) is 3.72. The summed E-state index contributed by atoms with van der Waals surface area (Å²) in [5.41, 5.74) is 0.794. The predicted molar refractivity (Wildman–Crippen MR) is 111 cm³/mol. The number of nitrogens with one attached hydrogen (secondary N) is 1. The van der Waals surface area contributed by atoms with Crippen LogP contribution in [-0.4, -0.2) is 40.0 Å². The van der Waals surface area contributed by atoms with Crippen LogP contribution >= 0.6 is 11.6 Å². The molecule has 150 valence electrons. The van der Waals surface area contributed by atoms with E-state index >= 15 is 0 Å². The van der Waals surface area contributed by atoms with Gasteiger partial charge in [0.2, 0.25) is 11.9 Å². The molecule has 3 aromatic rings. The number of oxazole rings is 1. The molecule has 1 unspecified atom stereocenters. The summed E-state index contributed by atoms with van der Waals surface area (Å²) in [7, 11) is 0. The lowest BCUT2D eigenvalue weighted by atomic mass is 10.1. The van der Waals surface area contributed by atoms with Crippen molar-refractivity contribution >= 4 is 23.5 Å². The van der Waals surface area contributed by atoms with Crippen molar-refractivity contribution in [3.63, 3.8) is 0 Å². The van der Waals surface area contributed by atoms with Crippen LogP contribution in [0, 0.1) is 0 Å². The third kappa shape index (κ3) is 4.92. The number of amides is 1. The molecule has 0 spiro atoms. The van der Waals surface area contributed by atoms with Gasteiger partial charge in [-0.2, -0.15) is 0 Å². The van der Waals surface area contributed by atoms with Gasteiger partial charge in [0.25, 0.3) is 0 Å². The van der Waals surface area contributed by atoms with Gasteiger partial charge in [-0.3, -0.25) is 4.79 Å². The summed E-state index contributed by atoms with van der Waals surface area (Å²) >= 11 is 6.20. The third-order valence-electron chi connectivity index (χ3n) is 4.88. The average molecular weight is 412 g/mol. The minimum Gasteiger partial charge on any atom is -0.441 e. The first-order valence-corrected chi connectivity index (χ1v) is 10.1. The van der Waals surface area contributed by atoms with Crippen LogP contribution in [0.25, 0.3) is 11.3 Å². The van der Waals surface area contributed by atoms with Gasteiger partial charge in [-0.15, -0.1) is 0 Å². The summed E-state index contributed by atoms with van der Waals surface area (Å²) in [4.78, 5) is 27.4. The summed E-state index contributed by atoms with van der Waals surface area (Å²) in [6, 6.07) is 9.33. The van der Waals surface area contributed by atoms with Crippen LogP contribution in [0.2, 0.25) is 5.02 Å². The number of nitrogens with zero attached hydrogens (tertiary/aromatic N) is 4. The molecule has 0 bridgehead atoms. The summed E-state index contributed by atoms with van der Waals surface area (Å²) < 4.78 is 5.77. The van der Waals surface area contributed by atoms with Crippen molar-refractivity contribution in [1.82, 2.24) is 20.3 Å². The number of benzene rings is 1. The van der Waals surface area contributed by atoms with E-state index in [-0.39, 0.29) is 11.9 Å². The zero-order valence-corrected chi connectivity index (χ0v) is 16.7. The van der Waals surface area contributed by atoms with Gasteiger partial charge in [-0.05, 0) is 31.0 Å². The molecule has 1 fully saturated rings. The van der Waals surface area contributed by atoms with Crippen LogP contribution in [0.15, 0.2) is 53.3 Å². The standard InChI is InChI=1S/C21H22ClN5O2/c22-17-7-2-1-6-16(17)18-13-25-20(29-18)9-8-19(28)26-15-5-3-12-27(14-15)21-23-10-4-11-24-21/h1-2,4,6-7,10-11,13,15H,3,5,8-9,12,14H2,(H,26,28). The lowest BCUT2D eigenvalue weighted by Gasteiger charge is -2.33. The van der Waals surface area contributed by atoms with Crippen molar-refractivity contribution in [3.05, 3.63) is 59.8 Å². The van der Waals surface area contributed by atoms with E-state index in [2.05, 4.69) is 25.2 Å². The lowest BCUT2D eigenvalue weighted by molar-refractivity contribution is -0.121. The molecule has 0 saturated carbocycles. The smallest absolute Gasteiger partial charge is 0.225 e. The largest absolute Gasteiger partial charge is 0.441 e.